The second-order valence-corrected chi connectivity index (χ2v) is 5.69. The van der Waals surface area contributed by atoms with Crippen LogP contribution in [0, 0.1) is 0 Å². The maximum Gasteiger partial charge on any atom is 0.274 e. The molecule has 126 valence electrons. The van der Waals surface area contributed by atoms with Gasteiger partial charge in [-0.15, -0.1) is 0 Å². The van der Waals surface area contributed by atoms with E-state index in [9.17, 15) is 4.79 Å². The average Bonchev–Trinajstić information content (AvgIpc) is 2.64. The van der Waals surface area contributed by atoms with Gasteiger partial charge in [0, 0.05) is 22.5 Å². The number of benzene rings is 2. The number of ether oxygens (including phenoxy) is 1. The fourth-order valence-corrected chi connectivity index (χ4v) is 2.32. The van der Waals surface area contributed by atoms with Gasteiger partial charge >= 0.3 is 0 Å². The van der Waals surface area contributed by atoms with Crippen molar-refractivity contribution in [2.45, 2.75) is 0 Å². The molecule has 0 saturated heterocycles. The maximum atomic E-state index is 12.3. The number of carbonyl (C=O) groups is 1. The number of aromatic nitrogens is 1. The molecule has 0 radical (unpaired) electrons. The molecule has 25 heavy (non-hydrogen) atoms. The van der Waals surface area contributed by atoms with Crippen LogP contribution in [0.4, 0.5) is 17.1 Å². The first-order chi connectivity index (χ1) is 12.1. The Morgan fingerprint density at radius 2 is 1.76 bits per heavy atom. The molecule has 6 heteroatoms. The number of amides is 1. The zero-order valence-electron chi connectivity index (χ0n) is 13.5. The molecule has 0 fully saturated rings. The van der Waals surface area contributed by atoms with E-state index in [-0.39, 0.29) is 5.91 Å². The Balaban J connectivity index is 1.66. The summed E-state index contributed by atoms with van der Waals surface area (Å²) in [6.07, 6.45) is 1.61. The van der Waals surface area contributed by atoms with Crippen LogP contribution in [0.1, 0.15) is 10.5 Å². The zero-order chi connectivity index (χ0) is 17.6. The minimum atomic E-state index is -0.286. The number of carbonyl (C=O) groups excluding carboxylic acids is 1. The van der Waals surface area contributed by atoms with Gasteiger partial charge in [-0.3, -0.25) is 4.79 Å². The zero-order valence-corrected chi connectivity index (χ0v) is 14.2. The van der Waals surface area contributed by atoms with Gasteiger partial charge < -0.3 is 15.4 Å². The fourth-order valence-electron chi connectivity index (χ4n) is 2.20. The van der Waals surface area contributed by atoms with Crippen LogP contribution >= 0.6 is 11.6 Å². The first-order valence-electron chi connectivity index (χ1n) is 7.58. The van der Waals surface area contributed by atoms with Gasteiger partial charge in [0.25, 0.3) is 5.91 Å². The lowest BCUT2D eigenvalue weighted by atomic mass is 10.2. The molecule has 3 rings (SSSR count). The van der Waals surface area contributed by atoms with E-state index in [1.807, 2.05) is 18.2 Å². The number of hydrogen-bond acceptors (Lipinski definition) is 4. The van der Waals surface area contributed by atoms with Crippen molar-refractivity contribution in [3.05, 3.63) is 77.6 Å². The first kappa shape index (κ1) is 16.8. The monoisotopic (exact) mass is 353 g/mol. The Morgan fingerprint density at radius 3 is 2.44 bits per heavy atom. The second kappa shape index (κ2) is 7.68. The predicted molar refractivity (Wildman–Crippen MR) is 99.9 cm³/mol. The van der Waals surface area contributed by atoms with Gasteiger partial charge in [0.2, 0.25) is 0 Å². The summed E-state index contributed by atoms with van der Waals surface area (Å²) in [5, 5.41) is 6.66. The second-order valence-electron chi connectivity index (χ2n) is 5.25. The largest absolute Gasteiger partial charge is 0.497 e. The van der Waals surface area contributed by atoms with Crippen molar-refractivity contribution in [2.75, 3.05) is 17.7 Å². The number of anilines is 3. The third kappa shape index (κ3) is 4.49. The molecule has 0 saturated carbocycles. The summed E-state index contributed by atoms with van der Waals surface area (Å²) in [6, 6.07) is 17.9. The van der Waals surface area contributed by atoms with E-state index in [0.717, 1.165) is 11.4 Å². The van der Waals surface area contributed by atoms with Crippen LogP contribution in [0.3, 0.4) is 0 Å². The molecule has 2 N–H and O–H groups in total. The Kier molecular flexibility index (Phi) is 5.16. The highest BCUT2D eigenvalue weighted by atomic mass is 35.5. The molecule has 3 aromatic rings. The van der Waals surface area contributed by atoms with Crippen molar-refractivity contribution in [1.29, 1.82) is 0 Å². The third-order valence-electron chi connectivity index (χ3n) is 3.46. The average molecular weight is 354 g/mol. The quantitative estimate of drug-likeness (QED) is 0.695. The standard InChI is InChI=1S/C19H16ClN3O2/c1-25-17-4-2-3-15(11-17)23-19(24)18-10-9-16(12-21-18)22-14-7-5-13(20)6-8-14/h2-12,22H,1H3,(H,23,24). The van der Waals surface area contributed by atoms with E-state index in [2.05, 4.69) is 15.6 Å². The van der Waals surface area contributed by atoms with Crippen LogP contribution in [-0.2, 0) is 0 Å². The summed E-state index contributed by atoms with van der Waals surface area (Å²) in [7, 11) is 1.58. The molecule has 2 aromatic carbocycles. The summed E-state index contributed by atoms with van der Waals surface area (Å²) < 4.78 is 5.14. The van der Waals surface area contributed by atoms with E-state index in [1.165, 1.54) is 0 Å². The van der Waals surface area contributed by atoms with E-state index >= 15 is 0 Å². The lowest BCUT2D eigenvalue weighted by Gasteiger charge is -2.08. The Morgan fingerprint density at radius 1 is 1.00 bits per heavy atom. The van der Waals surface area contributed by atoms with E-state index < -0.39 is 0 Å². The summed E-state index contributed by atoms with van der Waals surface area (Å²) in [6.45, 7) is 0. The van der Waals surface area contributed by atoms with Crippen LogP contribution in [0.2, 0.25) is 5.02 Å². The van der Waals surface area contributed by atoms with Gasteiger partial charge in [-0.05, 0) is 48.5 Å². The first-order valence-corrected chi connectivity index (χ1v) is 7.96. The number of halogens is 1. The van der Waals surface area contributed by atoms with Crippen LogP contribution in [0.5, 0.6) is 5.75 Å². The SMILES string of the molecule is COc1cccc(NC(=O)c2ccc(Nc3ccc(Cl)cc3)cn2)c1. The smallest absolute Gasteiger partial charge is 0.274 e. The van der Waals surface area contributed by atoms with Crippen LogP contribution < -0.4 is 15.4 Å². The number of nitrogens with zero attached hydrogens (tertiary/aromatic N) is 1. The van der Waals surface area contributed by atoms with Gasteiger partial charge in [0.15, 0.2) is 0 Å². The molecule has 0 bridgehead atoms. The van der Waals surface area contributed by atoms with Gasteiger partial charge in [0.05, 0.1) is 19.0 Å². The fraction of sp³-hybridized carbons (Fsp3) is 0.0526. The Hall–Kier alpha value is -3.05. The molecule has 0 aliphatic rings. The number of methoxy groups -OCH3 is 1. The highest BCUT2D eigenvalue weighted by Crippen LogP contribution is 2.20. The lowest BCUT2D eigenvalue weighted by molar-refractivity contribution is 0.102. The van der Waals surface area contributed by atoms with Crippen molar-refractivity contribution in [3.8, 4) is 5.75 Å². The minimum absolute atomic E-state index is 0.286. The van der Waals surface area contributed by atoms with Crippen LogP contribution in [0.25, 0.3) is 0 Å². The van der Waals surface area contributed by atoms with Gasteiger partial charge in [-0.1, -0.05) is 17.7 Å². The molecule has 1 amide bonds. The molecule has 0 aliphatic carbocycles. The number of nitrogens with one attached hydrogen (secondary N) is 2. The molecule has 0 aliphatic heterocycles. The molecular formula is C19H16ClN3O2. The summed E-state index contributed by atoms with van der Waals surface area (Å²) in [4.78, 5) is 16.5. The van der Waals surface area contributed by atoms with Gasteiger partial charge in [-0.2, -0.15) is 0 Å². The van der Waals surface area contributed by atoms with E-state index in [1.54, 1.807) is 55.8 Å². The van der Waals surface area contributed by atoms with Crippen LogP contribution in [0.15, 0.2) is 66.9 Å². The van der Waals surface area contributed by atoms with Gasteiger partial charge in [0.1, 0.15) is 11.4 Å². The van der Waals surface area contributed by atoms with E-state index in [4.69, 9.17) is 16.3 Å². The van der Waals surface area contributed by atoms with Crippen molar-refractivity contribution in [1.82, 2.24) is 4.98 Å². The molecule has 5 nitrogen and oxygen atoms in total. The van der Waals surface area contributed by atoms with Gasteiger partial charge in [-0.25, -0.2) is 4.98 Å². The molecule has 1 heterocycles. The van der Waals surface area contributed by atoms with Crippen LogP contribution in [-0.4, -0.2) is 18.0 Å². The normalized spacial score (nSPS) is 10.2. The highest BCUT2D eigenvalue weighted by molar-refractivity contribution is 6.30. The van der Waals surface area contributed by atoms with Crippen molar-refractivity contribution in [2.24, 2.45) is 0 Å². The Bertz CT molecular complexity index is 865. The van der Waals surface area contributed by atoms with Crippen molar-refractivity contribution < 1.29 is 9.53 Å². The summed E-state index contributed by atoms with van der Waals surface area (Å²) >= 11 is 5.86. The molecule has 0 unspecified atom stereocenters. The van der Waals surface area contributed by atoms with Crippen molar-refractivity contribution in [3.63, 3.8) is 0 Å². The predicted octanol–water partition coefficient (Wildman–Crippen LogP) is 4.74. The molecule has 0 atom stereocenters. The number of pyridine rings is 1. The lowest BCUT2D eigenvalue weighted by Crippen LogP contribution is -2.13. The third-order valence-corrected chi connectivity index (χ3v) is 3.71. The topological polar surface area (TPSA) is 63.2 Å². The molecular weight excluding hydrogens is 338 g/mol. The highest BCUT2D eigenvalue weighted by Gasteiger charge is 2.08. The maximum absolute atomic E-state index is 12.3. The number of hydrogen-bond donors (Lipinski definition) is 2. The van der Waals surface area contributed by atoms with Crippen molar-refractivity contribution >= 4 is 34.6 Å². The number of rotatable bonds is 5. The summed E-state index contributed by atoms with van der Waals surface area (Å²) in [5.41, 5.74) is 2.64. The summed E-state index contributed by atoms with van der Waals surface area (Å²) in [5.74, 6) is 0.388. The Labute approximate surface area is 150 Å². The van der Waals surface area contributed by atoms with E-state index in [0.29, 0.717) is 22.2 Å². The minimum Gasteiger partial charge on any atom is -0.497 e. The molecule has 1 aromatic heterocycles. The molecule has 0 spiro atoms.